The monoisotopic (exact) mass is 251 g/mol. The molecule has 0 fully saturated rings. The van der Waals surface area contributed by atoms with Crippen LogP contribution in [0.1, 0.15) is 36.8 Å². The number of hydrogen-bond acceptors (Lipinski definition) is 5. The van der Waals surface area contributed by atoms with Crippen molar-refractivity contribution < 1.29 is 0 Å². The Kier molecular flexibility index (Phi) is 3.42. The van der Waals surface area contributed by atoms with Crippen LogP contribution < -0.4 is 5.32 Å². The molecule has 0 aromatic carbocycles. The first-order valence-corrected chi connectivity index (χ1v) is 6.40. The highest BCUT2D eigenvalue weighted by molar-refractivity contribution is 7.09. The number of aryl methyl sites for hydroxylation is 2. The zero-order valence-corrected chi connectivity index (χ0v) is 11.4. The zero-order valence-electron chi connectivity index (χ0n) is 10.6. The van der Waals surface area contributed by atoms with Crippen LogP contribution >= 0.6 is 11.5 Å². The third kappa shape index (κ3) is 2.82. The largest absolute Gasteiger partial charge is 0.356 e. The Bertz CT molecular complexity index is 500. The van der Waals surface area contributed by atoms with E-state index in [4.69, 9.17) is 0 Å². The minimum atomic E-state index is 0.377. The summed E-state index contributed by atoms with van der Waals surface area (Å²) in [4.78, 5) is 4.43. The Morgan fingerprint density at radius 3 is 2.76 bits per heavy atom. The van der Waals surface area contributed by atoms with Crippen molar-refractivity contribution in [2.45, 2.75) is 33.2 Å². The Balaban J connectivity index is 2.00. The van der Waals surface area contributed by atoms with Crippen molar-refractivity contribution in [1.29, 1.82) is 0 Å². The van der Waals surface area contributed by atoms with Gasteiger partial charge in [0.2, 0.25) is 5.13 Å². The van der Waals surface area contributed by atoms with E-state index in [0.717, 1.165) is 23.2 Å². The average Bonchev–Trinajstić information content (AvgIpc) is 2.82. The summed E-state index contributed by atoms with van der Waals surface area (Å²) in [7, 11) is 1.93. The van der Waals surface area contributed by atoms with E-state index < -0.39 is 0 Å². The van der Waals surface area contributed by atoms with Crippen LogP contribution in [0.25, 0.3) is 0 Å². The van der Waals surface area contributed by atoms with Crippen molar-refractivity contribution in [3.05, 3.63) is 23.3 Å². The predicted octanol–water partition coefficient (Wildman–Crippen LogP) is 2.32. The van der Waals surface area contributed by atoms with Crippen molar-refractivity contribution >= 4 is 16.7 Å². The molecule has 2 heterocycles. The first kappa shape index (κ1) is 12.0. The molecule has 2 rings (SSSR count). The molecule has 6 heteroatoms. The molecule has 0 atom stereocenters. The third-order valence-corrected chi connectivity index (χ3v) is 3.19. The van der Waals surface area contributed by atoms with Crippen molar-refractivity contribution in [2.24, 2.45) is 7.05 Å². The Morgan fingerprint density at radius 2 is 2.24 bits per heavy atom. The number of nitrogens with one attached hydrogen (secondary N) is 1. The molecule has 1 N–H and O–H groups in total. The summed E-state index contributed by atoms with van der Waals surface area (Å²) in [6, 6.07) is 0. The lowest BCUT2D eigenvalue weighted by molar-refractivity contribution is 0.756. The lowest BCUT2D eigenvalue weighted by Crippen LogP contribution is -2.00. The maximum atomic E-state index is 4.43. The molecule has 5 nitrogen and oxygen atoms in total. The summed E-state index contributed by atoms with van der Waals surface area (Å²) in [6.45, 7) is 6.94. The second-order valence-electron chi connectivity index (χ2n) is 4.38. The van der Waals surface area contributed by atoms with Gasteiger partial charge in [-0.05, 0) is 6.92 Å². The summed E-state index contributed by atoms with van der Waals surface area (Å²) in [6.07, 6.45) is 2.02. The molecule has 0 aliphatic heterocycles. The van der Waals surface area contributed by atoms with E-state index in [9.17, 15) is 0 Å². The van der Waals surface area contributed by atoms with Crippen LogP contribution in [0.2, 0.25) is 0 Å². The van der Waals surface area contributed by atoms with E-state index in [1.807, 2.05) is 24.9 Å². The van der Waals surface area contributed by atoms with Crippen LogP contribution in [-0.4, -0.2) is 19.1 Å². The molecule has 17 heavy (non-hydrogen) atoms. The van der Waals surface area contributed by atoms with Gasteiger partial charge in [-0.15, -0.1) is 0 Å². The van der Waals surface area contributed by atoms with Crippen molar-refractivity contribution in [1.82, 2.24) is 19.1 Å². The summed E-state index contributed by atoms with van der Waals surface area (Å²) in [5, 5.41) is 8.45. The normalized spacial score (nSPS) is 11.1. The topological polar surface area (TPSA) is 55.6 Å². The van der Waals surface area contributed by atoms with Gasteiger partial charge in [-0.25, -0.2) is 4.98 Å². The van der Waals surface area contributed by atoms with Gasteiger partial charge in [0.15, 0.2) is 0 Å². The molecular weight excluding hydrogens is 234 g/mol. The molecule has 0 saturated heterocycles. The standard InChI is InChI=1S/C11H17N5S/c1-7(2)10-13-11(17-15-10)12-5-9-6-16(4)14-8(9)3/h6-7H,5H2,1-4H3,(H,12,13,15). The minimum absolute atomic E-state index is 0.377. The zero-order chi connectivity index (χ0) is 12.4. The number of hydrogen-bond donors (Lipinski definition) is 1. The maximum absolute atomic E-state index is 4.43. The van der Waals surface area contributed by atoms with E-state index >= 15 is 0 Å². The summed E-state index contributed by atoms with van der Waals surface area (Å²) >= 11 is 1.41. The molecule has 0 amide bonds. The van der Waals surface area contributed by atoms with Crippen molar-refractivity contribution in [2.75, 3.05) is 5.32 Å². The molecular formula is C11H17N5S. The van der Waals surface area contributed by atoms with E-state index in [0.29, 0.717) is 5.92 Å². The van der Waals surface area contributed by atoms with E-state index in [2.05, 4.69) is 33.6 Å². The van der Waals surface area contributed by atoms with Crippen molar-refractivity contribution in [3.8, 4) is 0 Å². The lowest BCUT2D eigenvalue weighted by atomic mass is 10.2. The highest BCUT2D eigenvalue weighted by Crippen LogP contribution is 2.18. The van der Waals surface area contributed by atoms with Crippen molar-refractivity contribution in [3.63, 3.8) is 0 Å². The summed E-state index contributed by atoms with van der Waals surface area (Å²) in [5.74, 6) is 1.28. The van der Waals surface area contributed by atoms with Crippen LogP contribution in [0.3, 0.4) is 0 Å². The fraction of sp³-hybridized carbons (Fsp3) is 0.545. The molecule has 2 aromatic heterocycles. The molecule has 2 aromatic rings. The molecule has 0 aliphatic carbocycles. The van der Waals surface area contributed by atoms with Crippen LogP contribution in [0.5, 0.6) is 0 Å². The molecule has 92 valence electrons. The van der Waals surface area contributed by atoms with Crippen LogP contribution in [0.15, 0.2) is 6.20 Å². The fourth-order valence-corrected chi connectivity index (χ4v) is 2.24. The van der Waals surface area contributed by atoms with Gasteiger partial charge in [0.25, 0.3) is 0 Å². The van der Waals surface area contributed by atoms with Crippen LogP contribution in [0.4, 0.5) is 5.13 Å². The van der Waals surface area contributed by atoms with E-state index in [1.165, 1.54) is 17.1 Å². The lowest BCUT2D eigenvalue weighted by Gasteiger charge is -2.00. The minimum Gasteiger partial charge on any atom is -0.356 e. The number of aromatic nitrogens is 4. The average molecular weight is 251 g/mol. The molecule has 0 unspecified atom stereocenters. The number of anilines is 1. The van der Waals surface area contributed by atoms with Gasteiger partial charge >= 0.3 is 0 Å². The summed E-state index contributed by atoms with van der Waals surface area (Å²) < 4.78 is 6.13. The SMILES string of the molecule is Cc1nn(C)cc1CNc1nc(C(C)C)ns1. The van der Waals surface area contributed by atoms with Gasteiger partial charge in [0, 0.05) is 42.8 Å². The van der Waals surface area contributed by atoms with Gasteiger partial charge in [-0.3, -0.25) is 4.68 Å². The van der Waals surface area contributed by atoms with E-state index in [-0.39, 0.29) is 0 Å². The maximum Gasteiger partial charge on any atom is 0.202 e. The Hall–Kier alpha value is -1.43. The number of rotatable bonds is 4. The van der Waals surface area contributed by atoms with Gasteiger partial charge < -0.3 is 5.32 Å². The van der Waals surface area contributed by atoms with Crippen LogP contribution in [0, 0.1) is 6.92 Å². The second kappa shape index (κ2) is 4.83. The predicted molar refractivity (Wildman–Crippen MR) is 69.3 cm³/mol. The second-order valence-corrected chi connectivity index (χ2v) is 5.13. The van der Waals surface area contributed by atoms with E-state index in [1.54, 1.807) is 0 Å². The van der Waals surface area contributed by atoms with Gasteiger partial charge in [-0.1, -0.05) is 13.8 Å². The molecule has 0 saturated carbocycles. The smallest absolute Gasteiger partial charge is 0.202 e. The first-order valence-electron chi connectivity index (χ1n) is 5.63. The highest BCUT2D eigenvalue weighted by atomic mass is 32.1. The highest BCUT2D eigenvalue weighted by Gasteiger charge is 2.08. The summed E-state index contributed by atoms with van der Waals surface area (Å²) in [5.41, 5.74) is 2.24. The van der Waals surface area contributed by atoms with Gasteiger partial charge in [0.1, 0.15) is 5.82 Å². The third-order valence-electron chi connectivity index (χ3n) is 2.50. The Morgan fingerprint density at radius 1 is 1.47 bits per heavy atom. The molecule has 0 radical (unpaired) electrons. The molecule has 0 aliphatic rings. The first-order chi connectivity index (χ1) is 8.06. The van der Waals surface area contributed by atoms with Gasteiger partial charge in [-0.2, -0.15) is 9.47 Å². The van der Waals surface area contributed by atoms with Gasteiger partial charge in [0.05, 0.1) is 5.69 Å². The molecule has 0 spiro atoms. The molecule has 0 bridgehead atoms. The number of nitrogens with zero attached hydrogens (tertiary/aromatic N) is 4. The Labute approximate surface area is 105 Å². The van der Waals surface area contributed by atoms with Crippen LogP contribution in [-0.2, 0) is 13.6 Å². The quantitative estimate of drug-likeness (QED) is 0.906. The fourth-order valence-electron chi connectivity index (χ4n) is 1.53.